The van der Waals surface area contributed by atoms with E-state index >= 15 is 0 Å². The molecule has 2 rings (SSSR count). The summed E-state index contributed by atoms with van der Waals surface area (Å²) in [4.78, 5) is 22.6. The summed E-state index contributed by atoms with van der Waals surface area (Å²) in [5, 5.41) is 11.1. The second-order valence-electron chi connectivity index (χ2n) is 3.86. The van der Waals surface area contributed by atoms with Crippen LogP contribution in [0.1, 0.15) is 17.3 Å². The first-order valence-electron chi connectivity index (χ1n) is 5.52. The fraction of sp³-hybridized carbons (Fsp3) is 0.333. The van der Waals surface area contributed by atoms with Crippen LogP contribution in [0, 0.1) is 0 Å². The number of carboxylic acid groups (broad SMARTS) is 1. The molecule has 0 radical (unpaired) electrons. The van der Waals surface area contributed by atoms with Gasteiger partial charge >= 0.3 is 5.97 Å². The number of para-hydroxylation sites is 1. The molecule has 1 aromatic rings. The molecule has 1 atom stereocenters. The van der Waals surface area contributed by atoms with E-state index in [-0.39, 0.29) is 5.56 Å². The van der Waals surface area contributed by atoms with Gasteiger partial charge in [0.05, 0.1) is 5.56 Å². The Morgan fingerprint density at radius 2 is 2.06 bits per heavy atom. The molecule has 1 aliphatic heterocycles. The lowest BCUT2D eigenvalue weighted by Gasteiger charge is -2.21. The van der Waals surface area contributed by atoms with E-state index in [2.05, 4.69) is 5.32 Å². The Balaban J connectivity index is 2.23. The lowest BCUT2D eigenvalue weighted by Crippen LogP contribution is -2.38. The third-order valence-corrected chi connectivity index (χ3v) is 2.53. The maximum Gasteiger partial charge on any atom is 0.325 e. The van der Waals surface area contributed by atoms with E-state index in [1.54, 1.807) is 18.2 Å². The number of hydrogen-bond acceptors (Lipinski definition) is 4. The van der Waals surface area contributed by atoms with Gasteiger partial charge in [-0.15, -0.1) is 0 Å². The fourth-order valence-electron chi connectivity index (χ4n) is 1.59. The molecular weight excluding hydrogens is 238 g/mol. The maximum absolute atomic E-state index is 11.9. The number of benzene rings is 1. The van der Waals surface area contributed by atoms with Crippen molar-refractivity contribution in [3.63, 3.8) is 0 Å². The molecule has 6 nitrogen and oxygen atoms in total. The average Bonchev–Trinajstić information content (AvgIpc) is 2.37. The van der Waals surface area contributed by atoms with E-state index in [4.69, 9.17) is 14.6 Å². The van der Waals surface area contributed by atoms with Crippen LogP contribution in [0.25, 0.3) is 0 Å². The highest BCUT2D eigenvalue weighted by Crippen LogP contribution is 2.33. The number of nitrogens with one attached hydrogen (secondary N) is 1. The number of amides is 1. The third kappa shape index (κ3) is 2.37. The molecule has 18 heavy (non-hydrogen) atoms. The van der Waals surface area contributed by atoms with Crippen molar-refractivity contribution < 1.29 is 24.2 Å². The van der Waals surface area contributed by atoms with E-state index in [1.165, 1.54) is 6.92 Å². The highest BCUT2D eigenvalue weighted by molar-refractivity contribution is 5.99. The summed E-state index contributed by atoms with van der Waals surface area (Å²) >= 11 is 0. The molecule has 0 aliphatic carbocycles. The van der Waals surface area contributed by atoms with Crippen molar-refractivity contribution in [2.75, 3.05) is 13.2 Å². The van der Waals surface area contributed by atoms with Crippen molar-refractivity contribution in [3.05, 3.63) is 23.8 Å². The molecule has 2 N–H and O–H groups in total. The predicted molar refractivity (Wildman–Crippen MR) is 62.0 cm³/mol. The highest BCUT2D eigenvalue weighted by Gasteiger charge is 2.22. The van der Waals surface area contributed by atoms with Gasteiger partial charge in [0.25, 0.3) is 5.91 Å². The molecule has 0 bridgehead atoms. The van der Waals surface area contributed by atoms with E-state index in [9.17, 15) is 9.59 Å². The van der Waals surface area contributed by atoms with Gasteiger partial charge in [-0.3, -0.25) is 9.59 Å². The lowest BCUT2D eigenvalue weighted by molar-refractivity contribution is -0.138. The molecule has 96 valence electrons. The van der Waals surface area contributed by atoms with Crippen molar-refractivity contribution in [1.29, 1.82) is 0 Å². The monoisotopic (exact) mass is 251 g/mol. The third-order valence-electron chi connectivity index (χ3n) is 2.53. The van der Waals surface area contributed by atoms with Gasteiger partial charge in [-0.1, -0.05) is 6.07 Å². The molecule has 6 heteroatoms. The predicted octanol–water partition coefficient (Wildman–Crippen LogP) is 0.661. The summed E-state index contributed by atoms with van der Waals surface area (Å²) in [6.07, 6.45) is 0. The summed E-state index contributed by atoms with van der Waals surface area (Å²) in [5.74, 6) is -0.728. The van der Waals surface area contributed by atoms with Crippen LogP contribution in [0.5, 0.6) is 11.5 Å². The largest absolute Gasteiger partial charge is 0.486 e. The quantitative estimate of drug-likeness (QED) is 0.824. The van der Waals surface area contributed by atoms with E-state index in [1.807, 2.05) is 0 Å². The zero-order chi connectivity index (χ0) is 13.1. The molecule has 0 unspecified atom stereocenters. The number of carbonyl (C=O) groups excluding carboxylic acids is 1. The Hall–Kier alpha value is -2.24. The summed E-state index contributed by atoms with van der Waals surface area (Å²) in [6, 6.07) is 3.97. The molecule has 0 spiro atoms. The van der Waals surface area contributed by atoms with Gasteiger partial charge in [0.2, 0.25) is 0 Å². The van der Waals surface area contributed by atoms with Crippen LogP contribution < -0.4 is 14.8 Å². The molecule has 1 amide bonds. The second-order valence-corrected chi connectivity index (χ2v) is 3.86. The van der Waals surface area contributed by atoms with Crippen LogP contribution in [0.4, 0.5) is 0 Å². The van der Waals surface area contributed by atoms with Crippen molar-refractivity contribution in [1.82, 2.24) is 5.32 Å². The van der Waals surface area contributed by atoms with E-state index in [0.29, 0.717) is 24.7 Å². The van der Waals surface area contributed by atoms with Crippen molar-refractivity contribution >= 4 is 11.9 Å². The number of ether oxygens (including phenoxy) is 2. The zero-order valence-corrected chi connectivity index (χ0v) is 9.80. The first-order valence-corrected chi connectivity index (χ1v) is 5.52. The number of hydrogen-bond donors (Lipinski definition) is 2. The number of carboxylic acids is 1. The van der Waals surface area contributed by atoms with Crippen LogP contribution in [-0.4, -0.2) is 36.2 Å². The molecule has 1 aromatic carbocycles. The molecule has 0 aromatic heterocycles. The van der Waals surface area contributed by atoms with Gasteiger partial charge in [-0.05, 0) is 19.1 Å². The first-order chi connectivity index (χ1) is 8.59. The number of carbonyl (C=O) groups is 2. The molecular formula is C12H13NO5. The lowest BCUT2D eigenvalue weighted by atomic mass is 10.1. The van der Waals surface area contributed by atoms with Gasteiger partial charge in [0.15, 0.2) is 11.5 Å². The van der Waals surface area contributed by atoms with Gasteiger partial charge < -0.3 is 19.9 Å². The molecule has 0 fully saturated rings. The zero-order valence-electron chi connectivity index (χ0n) is 9.80. The Morgan fingerprint density at radius 3 is 2.78 bits per heavy atom. The number of rotatable bonds is 3. The molecule has 0 saturated carbocycles. The van der Waals surface area contributed by atoms with E-state index < -0.39 is 17.9 Å². The van der Waals surface area contributed by atoms with Crippen LogP contribution in [0.15, 0.2) is 18.2 Å². The Morgan fingerprint density at radius 1 is 1.33 bits per heavy atom. The average molecular weight is 251 g/mol. The maximum atomic E-state index is 11.9. The van der Waals surface area contributed by atoms with Gasteiger partial charge in [-0.2, -0.15) is 0 Å². The Labute approximate surface area is 104 Å². The summed E-state index contributed by atoms with van der Waals surface area (Å²) < 4.78 is 10.7. The van der Waals surface area contributed by atoms with Crippen LogP contribution >= 0.6 is 0 Å². The van der Waals surface area contributed by atoms with Gasteiger partial charge in [0.1, 0.15) is 19.3 Å². The van der Waals surface area contributed by atoms with Crippen molar-refractivity contribution in [2.24, 2.45) is 0 Å². The minimum atomic E-state index is -1.09. The minimum Gasteiger partial charge on any atom is -0.486 e. The normalized spacial score (nSPS) is 14.7. The van der Waals surface area contributed by atoms with Gasteiger partial charge in [0, 0.05) is 0 Å². The fourth-order valence-corrected chi connectivity index (χ4v) is 1.59. The van der Waals surface area contributed by atoms with Crippen molar-refractivity contribution in [3.8, 4) is 11.5 Å². The molecule has 0 saturated heterocycles. The standard InChI is InChI=1S/C12H13NO5/c1-7(12(15)16)13-11(14)8-3-2-4-9-10(8)18-6-5-17-9/h2-4,7H,5-6H2,1H3,(H,13,14)(H,15,16)/t7-/m1/s1. The molecule has 1 aliphatic rings. The SMILES string of the molecule is C[C@@H](NC(=O)c1cccc2c1OCCO2)C(=O)O. The van der Waals surface area contributed by atoms with Crippen molar-refractivity contribution in [2.45, 2.75) is 13.0 Å². The topological polar surface area (TPSA) is 84.9 Å². The minimum absolute atomic E-state index is 0.278. The van der Waals surface area contributed by atoms with Crippen LogP contribution in [0.3, 0.4) is 0 Å². The van der Waals surface area contributed by atoms with Gasteiger partial charge in [-0.25, -0.2) is 0 Å². The summed E-state index contributed by atoms with van der Waals surface area (Å²) in [5.41, 5.74) is 0.278. The Bertz CT molecular complexity index is 485. The van der Waals surface area contributed by atoms with Crippen LogP contribution in [-0.2, 0) is 4.79 Å². The number of aliphatic carboxylic acids is 1. The van der Waals surface area contributed by atoms with Crippen LogP contribution in [0.2, 0.25) is 0 Å². The highest BCUT2D eigenvalue weighted by atomic mass is 16.6. The molecule has 1 heterocycles. The second kappa shape index (κ2) is 4.95. The summed E-state index contributed by atoms with van der Waals surface area (Å²) in [6.45, 7) is 2.20. The smallest absolute Gasteiger partial charge is 0.325 e. The number of fused-ring (bicyclic) bond motifs is 1. The van der Waals surface area contributed by atoms with E-state index in [0.717, 1.165) is 0 Å². The Kier molecular flexibility index (Phi) is 3.36. The summed E-state index contributed by atoms with van der Waals surface area (Å²) in [7, 11) is 0. The first kappa shape index (κ1) is 12.2.